The minimum Gasteiger partial charge on any atom is -0.378 e. The Labute approximate surface area is 157 Å². The van der Waals surface area contributed by atoms with Crippen LogP contribution >= 0.6 is 11.6 Å². The number of carbonyl (C=O) groups is 1. The second kappa shape index (κ2) is 7.63. The molecule has 7 nitrogen and oxygen atoms in total. The first-order valence-electron chi connectivity index (χ1n) is 8.97. The largest absolute Gasteiger partial charge is 0.378 e. The summed E-state index contributed by atoms with van der Waals surface area (Å²) >= 11 is 6.47. The number of morpholine rings is 1. The SMILES string of the molecule is O=C(c1cnc(N2CCC(n3ccnc3)CC2)c(Cl)c1)N1CCOCC1. The van der Waals surface area contributed by atoms with Crippen molar-refractivity contribution in [1.29, 1.82) is 0 Å². The van der Waals surface area contributed by atoms with Crippen molar-refractivity contribution in [3.63, 3.8) is 0 Å². The number of carbonyl (C=O) groups excluding carboxylic acids is 1. The van der Waals surface area contributed by atoms with Crippen LogP contribution in [0.25, 0.3) is 0 Å². The van der Waals surface area contributed by atoms with Gasteiger partial charge in [0.15, 0.2) is 0 Å². The van der Waals surface area contributed by atoms with Crippen molar-refractivity contribution in [2.45, 2.75) is 18.9 Å². The van der Waals surface area contributed by atoms with Gasteiger partial charge in [0.1, 0.15) is 5.82 Å². The van der Waals surface area contributed by atoms with Crippen molar-refractivity contribution >= 4 is 23.3 Å². The number of anilines is 1. The van der Waals surface area contributed by atoms with Crippen molar-refractivity contribution in [3.05, 3.63) is 41.6 Å². The highest BCUT2D eigenvalue weighted by Crippen LogP contribution is 2.30. The predicted octanol–water partition coefficient (Wildman–Crippen LogP) is 2.25. The van der Waals surface area contributed by atoms with Gasteiger partial charge in [-0.3, -0.25) is 4.79 Å². The van der Waals surface area contributed by atoms with Crippen molar-refractivity contribution < 1.29 is 9.53 Å². The van der Waals surface area contributed by atoms with Gasteiger partial charge in [0.05, 0.1) is 30.1 Å². The fourth-order valence-electron chi connectivity index (χ4n) is 3.59. The molecule has 0 N–H and O–H groups in total. The number of amides is 1. The van der Waals surface area contributed by atoms with E-state index < -0.39 is 0 Å². The molecule has 2 aliphatic heterocycles. The third-order valence-corrected chi connectivity index (χ3v) is 5.36. The lowest BCUT2D eigenvalue weighted by atomic mass is 10.0. The normalized spacial score (nSPS) is 19.0. The summed E-state index contributed by atoms with van der Waals surface area (Å²) in [6, 6.07) is 2.21. The summed E-state index contributed by atoms with van der Waals surface area (Å²) in [4.78, 5) is 25.2. The number of hydrogen-bond acceptors (Lipinski definition) is 5. The molecule has 0 unspecified atom stereocenters. The summed E-state index contributed by atoms with van der Waals surface area (Å²) in [5, 5.41) is 0.533. The van der Waals surface area contributed by atoms with Crippen molar-refractivity contribution in [2.24, 2.45) is 0 Å². The molecule has 2 aromatic rings. The van der Waals surface area contributed by atoms with Crippen LogP contribution in [0.2, 0.25) is 5.02 Å². The molecule has 4 rings (SSSR count). The highest BCUT2D eigenvalue weighted by atomic mass is 35.5. The fraction of sp³-hybridized carbons (Fsp3) is 0.500. The maximum atomic E-state index is 12.6. The van der Waals surface area contributed by atoms with E-state index in [4.69, 9.17) is 16.3 Å². The summed E-state index contributed by atoms with van der Waals surface area (Å²) in [6.45, 7) is 4.15. The molecule has 2 aromatic heterocycles. The molecule has 0 bridgehead atoms. The van der Waals surface area contributed by atoms with Crippen LogP contribution in [0.1, 0.15) is 29.2 Å². The van der Waals surface area contributed by atoms with Gasteiger partial charge in [0.25, 0.3) is 5.91 Å². The molecule has 8 heteroatoms. The predicted molar refractivity (Wildman–Crippen MR) is 98.7 cm³/mol. The van der Waals surface area contributed by atoms with Crippen molar-refractivity contribution in [1.82, 2.24) is 19.4 Å². The standard InChI is InChI=1S/C18H22ClN5O2/c19-16-11-14(18(25)23-7-9-26-10-8-23)12-21-17(16)22-4-1-15(2-5-22)24-6-3-20-13-24/h3,6,11-13,15H,1-2,4-5,7-10H2. The molecule has 1 amide bonds. The molecule has 0 aromatic carbocycles. The summed E-state index contributed by atoms with van der Waals surface area (Å²) in [7, 11) is 0. The summed E-state index contributed by atoms with van der Waals surface area (Å²) in [6.07, 6.45) is 9.37. The second-order valence-corrected chi connectivity index (χ2v) is 7.07. The van der Waals surface area contributed by atoms with Gasteiger partial charge in [0.2, 0.25) is 0 Å². The van der Waals surface area contributed by atoms with Crippen LogP contribution in [0, 0.1) is 0 Å². The third kappa shape index (κ3) is 3.54. The lowest BCUT2D eigenvalue weighted by Gasteiger charge is -2.34. The molecule has 26 heavy (non-hydrogen) atoms. The average Bonchev–Trinajstić information content (AvgIpc) is 3.23. The van der Waals surface area contributed by atoms with Crippen LogP contribution in [-0.4, -0.2) is 64.7 Å². The molecule has 2 fully saturated rings. The monoisotopic (exact) mass is 375 g/mol. The van der Waals surface area contributed by atoms with Gasteiger partial charge in [-0.1, -0.05) is 11.6 Å². The van der Waals surface area contributed by atoms with Crippen LogP contribution in [-0.2, 0) is 4.74 Å². The van der Waals surface area contributed by atoms with Gasteiger partial charge in [-0.2, -0.15) is 0 Å². The maximum absolute atomic E-state index is 12.6. The summed E-state index contributed by atoms with van der Waals surface area (Å²) in [5.74, 6) is 0.724. The van der Waals surface area contributed by atoms with E-state index in [-0.39, 0.29) is 5.91 Å². The maximum Gasteiger partial charge on any atom is 0.255 e. The summed E-state index contributed by atoms with van der Waals surface area (Å²) in [5.41, 5.74) is 0.536. The molecule has 0 atom stereocenters. The topological polar surface area (TPSA) is 63.5 Å². The molecule has 0 saturated carbocycles. The van der Waals surface area contributed by atoms with Crippen LogP contribution in [0.15, 0.2) is 31.0 Å². The number of hydrogen-bond donors (Lipinski definition) is 0. The number of aromatic nitrogens is 3. The van der Waals surface area contributed by atoms with E-state index in [9.17, 15) is 4.79 Å². The molecule has 2 aliphatic rings. The van der Waals surface area contributed by atoms with Gasteiger partial charge < -0.3 is 19.1 Å². The zero-order chi connectivity index (χ0) is 17.9. The number of halogens is 1. The first kappa shape index (κ1) is 17.3. The molecule has 0 aliphatic carbocycles. The Hall–Kier alpha value is -2.12. The lowest BCUT2D eigenvalue weighted by Crippen LogP contribution is -2.40. The van der Waals surface area contributed by atoms with Crippen LogP contribution < -0.4 is 4.90 Å². The van der Waals surface area contributed by atoms with Crippen LogP contribution in [0.4, 0.5) is 5.82 Å². The molecule has 138 valence electrons. The highest BCUT2D eigenvalue weighted by Gasteiger charge is 2.24. The number of nitrogens with zero attached hydrogens (tertiary/aromatic N) is 5. The fourth-order valence-corrected chi connectivity index (χ4v) is 3.88. The van der Waals surface area contributed by atoms with Crippen molar-refractivity contribution in [2.75, 3.05) is 44.3 Å². The molecule has 4 heterocycles. The van der Waals surface area contributed by atoms with E-state index in [2.05, 4.69) is 19.4 Å². The average molecular weight is 376 g/mol. The lowest BCUT2D eigenvalue weighted by molar-refractivity contribution is 0.0302. The van der Waals surface area contributed by atoms with E-state index in [1.807, 2.05) is 18.7 Å². The highest BCUT2D eigenvalue weighted by molar-refractivity contribution is 6.33. The van der Waals surface area contributed by atoms with E-state index in [0.717, 1.165) is 31.7 Å². The smallest absolute Gasteiger partial charge is 0.255 e. The zero-order valence-electron chi connectivity index (χ0n) is 14.6. The minimum absolute atomic E-state index is 0.0342. The Morgan fingerprint density at radius 3 is 2.62 bits per heavy atom. The quantitative estimate of drug-likeness (QED) is 0.823. The molecular weight excluding hydrogens is 354 g/mol. The molecule has 0 spiro atoms. The van der Waals surface area contributed by atoms with E-state index in [1.54, 1.807) is 17.2 Å². The number of rotatable bonds is 3. The van der Waals surface area contributed by atoms with Gasteiger partial charge in [-0.15, -0.1) is 0 Å². The Morgan fingerprint density at radius 2 is 1.96 bits per heavy atom. The van der Waals surface area contributed by atoms with Crippen LogP contribution in [0.3, 0.4) is 0 Å². The second-order valence-electron chi connectivity index (χ2n) is 6.66. The summed E-state index contributed by atoms with van der Waals surface area (Å²) < 4.78 is 7.46. The number of ether oxygens (including phenoxy) is 1. The van der Waals surface area contributed by atoms with Gasteiger partial charge in [-0.25, -0.2) is 9.97 Å². The third-order valence-electron chi connectivity index (χ3n) is 5.08. The van der Waals surface area contributed by atoms with Gasteiger partial charge >= 0.3 is 0 Å². The number of piperidine rings is 1. The molecule has 0 radical (unpaired) electrons. The van der Waals surface area contributed by atoms with E-state index >= 15 is 0 Å². The minimum atomic E-state index is -0.0342. The Bertz CT molecular complexity index is 753. The Kier molecular flexibility index (Phi) is 5.08. The molecule has 2 saturated heterocycles. The van der Waals surface area contributed by atoms with E-state index in [0.29, 0.717) is 42.9 Å². The number of imidazole rings is 1. The first-order valence-corrected chi connectivity index (χ1v) is 9.35. The van der Waals surface area contributed by atoms with Crippen LogP contribution in [0.5, 0.6) is 0 Å². The Morgan fingerprint density at radius 1 is 1.19 bits per heavy atom. The van der Waals surface area contributed by atoms with Gasteiger partial charge in [-0.05, 0) is 18.9 Å². The first-order chi connectivity index (χ1) is 12.7. The zero-order valence-corrected chi connectivity index (χ0v) is 15.3. The van der Waals surface area contributed by atoms with Crippen molar-refractivity contribution in [3.8, 4) is 0 Å². The molecular formula is C18H22ClN5O2. The number of pyridine rings is 1. The van der Waals surface area contributed by atoms with E-state index in [1.165, 1.54) is 0 Å². The Balaban J connectivity index is 1.42. The van der Waals surface area contributed by atoms with Gasteiger partial charge in [0, 0.05) is 50.8 Å².